The molecule has 0 saturated heterocycles. The number of nitrogens with zero attached hydrogens (tertiary/aromatic N) is 1. The highest BCUT2D eigenvalue weighted by Crippen LogP contribution is 2.29. The number of carbonyl (C=O) groups is 1. The molecule has 2 aromatic rings. The van der Waals surface area contributed by atoms with Gasteiger partial charge >= 0.3 is 0 Å². The average molecular weight is 396 g/mol. The quantitative estimate of drug-likeness (QED) is 0.518. The Morgan fingerprint density at radius 1 is 0.931 bits per heavy atom. The number of nitriles is 1. The van der Waals surface area contributed by atoms with Gasteiger partial charge in [-0.1, -0.05) is 12.1 Å². The number of ether oxygens (including phenoxy) is 4. The normalized spacial score (nSPS) is 10.7. The summed E-state index contributed by atoms with van der Waals surface area (Å²) in [5, 5.41) is 12.1. The monoisotopic (exact) mass is 396 g/mol. The largest absolute Gasteiger partial charge is 0.493 e. The summed E-state index contributed by atoms with van der Waals surface area (Å²) < 4.78 is 20.9. The van der Waals surface area contributed by atoms with E-state index in [0.29, 0.717) is 41.5 Å². The van der Waals surface area contributed by atoms with Crippen LogP contribution in [0.2, 0.25) is 0 Å². The van der Waals surface area contributed by atoms with E-state index in [9.17, 15) is 10.1 Å². The van der Waals surface area contributed by atoms with Gasteiger partial charge in [-0.2, -0.15) is 5.26 Å². The summed E-state index contributed by atoms with van der Waals surface area (Å²) in [6.07, 6.45) is 2.09. The van der Waals surface area contributed by atoms with Crippen LogP contribution in [0, 0.1) is 11.3 Å². The fourth-order valence-corrected chi connectivity index (χ4v) is 2.71. The molecule has 1 amide bonds. The predicted octanol–water partition coefficient (Wildman–Crippen LogP) is 2.99. The molecule has 0 fully saturated rings. The van der Waals surface area contributed by atoms with Gasteiger partial charge in [0.2, 0.25) is 0 Å². The molecule has 0 saturated carbocycles. The van der Waals surface area contributed by atoms with Crippen LogP contribution in [0.15, 0.2) is 42.0 Å². The summed E-state index contributed by atoms with van der Waals surface area (Å²) in [5.41, 5.74) is 1.64. The molecule has 0 bridgehead atoms. The van der Waals surface area contributed by atoms with Gasteiger partial charge in [-0.25, -0.2) is 0 Å². The van der Waals surface area contributed by atoms with Gasteiger partial charge in [0.15, 0.2) is 23.0 Å². The van der Waals surface area contributed by atoms with Crippen molar-refractivity contribution in [3.8, 4) is 29.1 Å². The van der Waals surface area contributed by atoms with Crippen LogP contribution in [0.3, 0.4) is 0 Å². The van der Waals surface area contributed by atoms with E-state index in [1.54, 1.807) is 39.5 Å². The lowest BCUT2D eigenvalue weighted by molar-refractivity contribution is -0.117. The van der Waals surface area contributed by atoms with Crippen LogP contribution >= 0.6 is 0 Å². The molecule has 2 aromatic carbocycles. The molecule has 0 aliphatic carbocycles. The van der Waals surface area contributed by atoms with Gasteiger partial charge in [0.1, 0.15) is 11.6 Å². The van der Waals surface area contributed by atoms with E-state index < -0.39 is 5.91 Å². The molecular formula is C22H24N2O5. The SMILES string of the molecule is COc1ccc(/C=C(\C#N)C(=O)NCCc2ccc(OC)c(OC)c2)cc1OC. The minimum absolute atomic E-state index is 0.00420. The van der Waals surface area contributed by atoms with Crippen molar-refractivity contribution in [3.05, 3.63) is 53.1 Å². The lowest BCUT2D eigenvalue weighted by Crippen LogP contribution is -2.26. The summed E-state index contributed by atoms with van der Waals surface area (Å²) >= 11 is 0. The lowest BCUT2D eigenvalue weighted by Gasteiger charge is -2.10. The van der Waals surface area contributed by atoms with E-state index in [2.05, 4.69) is 5.32 Å². The van der Waals surface area contributed by atoms with E-state index in [1.165, 1.54) is 13.2 Å². The summed E-state index contributed by atoms with van der Waals surface area (Å²) in [6.45, 7) is 0.374. The molecule has 0 aliphatic rings. The zero-order valence-corrected chi connectivity index (χ0v) is 16.9. The molecule has 152 valence electrons. The highest BCUT2D eigenvalue weighted by Gasteiger charge is 2.11. The van der Waals surface area contributed by atoms with Crippen LogP contribution in [0.5, 0.6) is 23.0 Å². The van der Waals surface area contributed by atoms with Gasteiger partial charge in [0, 0.05) is 6.54 Å². The summed E-state index contributed by atoms with van der Waals surface area (Å²) in [5.74, 6) is 1.92. The Morgan fingerprint density at radius 3 is 2.10 bits per heavy atom. The van der Waals surface area contributed by atoms with E-state index in [0.717, 1.165) is 5.56 Å². The predicted molar refractivity (Wildman–Crippen MR) is 109 cm³/mol. The second-order valence-corrected chi connectivity index (χ2v) is 5.98. The zero-order valence-electron chi connectivity index (χ0n) is 16.9. The zero-order chi connectivity index (χ0) is 21.2. The highest BCUT2D eigenvalue weighted by atomic mass is 16.5. The Kier molecular flexibility index (Phi) is 7.92. The molecule has 0 spiro atoms. The van der Waals surface area contributed by atoms with Crippen molar-refractivity contribution in [2.75, 3.05) is 35.0 Å². The Hall–Kier alpha value is -3.66. The Balaban J connectivity index is 2.03. The summed E-state index contributed by atoms with van der Waals surface area (Å²) in [6, 6.07) is 12.7. The van der Waals surface area contributed by atoms with Crippen molar-refractivity contribution in [2.45, 2.75) is 6.42 Å². The standard InChI is InChI=1S/C22H24N2O5/c1-26-18-7-5-15(12-20(18)28-3)9-10-24-22(25)17(14-23)11-16-6-8-19(27-2)21(13-16)29-4/h5-8,11-13H,9-10H2,1-4H3,(H,24,25)/b17-11+. The highest BCUT2D eigenvalue weighted by molar-refractivity contribution is 6.01. The first kappa shape index (κ1) is 21.6. The van der Waals surface area contributed by atoms with E-state index in [1.807, 2.05) is 24.3 Å². The fourth-order valence-electron chi connectivity index (χ4n) is 2.71. The van der Waals surface area contributed by atoms with Crippen molar-refractivity contribution in [1.29, 1.82) is 5.26 Å². The Bertz CT molecular complexity index is 931. The first-order valence-electron chi connectivity index (χ1n) is 8.89. The number of hydrogen-bond donors (Lipinski definition) is 1. The van der Waals surface area contributed by atoms with Crippen molar-refractivity contribution in [1.82, 2.24) is 5.32 Å². The number of nitrogens with one attached hydrogen (secondary N) is 1. The number of amides is 1. The third-order valence-corrected chi connectivity index (χ3v) is 4.23. The molecule has 0 aliphatic heterocycles. The second kappa shape index (κ2) is 10.6. The van der Waals surface area contributed by atoms with Gasteiger partial charge < -0.3 is 24.3 Å². The Labute approximate surface area is 170 Å². The van der Waals surface area contributed by atoms with E-state index in [-0.39, 0.29) is 5.57 Å². The number of hydrogen-bond acceptors (Lipinski definition) is 6. The van der Waals surface area contributed by atoms with Crippen LogP contribution in [0.25, 0.3) is 6.08 Å². The molecule has 29 heavy (non-hydrogen) atoms. The van der Waals surface area contributed by atoms with Crippen molar-refractivity contribution >= 4 is 12.0 Å². The number of benzene rings is 2. The minimum atomic E-state index is -0.442. The topological polar surface area (TPSA) is 89.8 Å². The number of carbonyl (C=O) groups excluding carboxylic acids is 1. The van der Waals surface area contributed by atoms with Crippen LogP contribution in [0.4, 0.5) is 0 Å². The van der Waals surface area contributed by atoms with E-state index >= 15 is 0 Å². The summed E-state index contributed by atoms with van der Waals surface area (Å²) in [4.78, 5) is 12.4. The maximum absolute atomic E-state index is 12.4. The molecule has 0 unspecified atom stereocenters. The number of rotatable bonds is 9. The van der Waals surface area contributed by atoms with Gasteiger partial charge in [0.05, 0.1) is 28.4 Å². The lowest BCUT2D eigenvalue weighted by atomic mass is 10.1. The van der Waals surface area contributed by atoms with Gasteiger partial charge in [-0.15, -0.1) is 0 Å². The smallest absolute Gasteiger partial charge is 0.261 e. The van der Waals surface area contributed by atoms with E-state index in [4.69, 9.17) is 18.9 Å². The first-order valence-corrected chi connectivity index (χ1v) is 8.89. The molecule has 7 nitrogen and oxygen atoms in total. The van der Waals surface area contributed by atoms with Crippen molar-refractivity contribution in [2.24, 2.45) is 0 Å². The maximum Gasteiger partial charge on any atom is 0.261 e. The Morgan fingerprint density at radius 2 is 1.52 bits per heavy atom. The molecule has 0 atom stereocenters. The van der Waals surface area contributed by atoms with Gasteiger partial charge in [-0.05, 0) is 47.9 Å². The fraction of sp³-hybridized carbons (Fsp3) is 0.273. The maximum atomic E-state index is 12.4. The van der Waals surface area contributed by atoms with Crippen molar-refractivity contribution in [3.63, 3.8) is 0 Å². The van der Waals surface area contributed by atoms with Crippen LogP contribution < -0.4 is 24.3 Å². The molecular weight excluding hydrogens is 372 g/mol. The summed E-state index contributed by atoms with van der Waals surface area (Å²) in [7, 11) is 6.21. The number of methoxy groups -OCH3 is 4. The van der Waals surface area contributed by atoms with Crippen molar-refractivity contribution < 1.29 is 23.7 Å². The van der Waals surface area contributed by atoms with Gasteiger partial charge in [-0.3, -0.25) is 4.79 Å². The molecule has 7 heteroatoms. The molecule has 0 radical (unpaired) electrons. The molecule has 2 rings (SSSR count). The van der Waals surface area contributed by atoms with Crippen LogP contribution in [0.1, 0.15) is 11.1 Å². The molecule has 0 heterocycles. The molecule has 0 aromatic heterocycles. The third-order valence-electron chi connectivity index (χ3n) is 4.23. The third kappa shape index (κ3) is 5.66. The average Bonchev–Trinajstić information content (AvgIpc) is 2.76. The van der Waals surface area contributed by atoms with Crippen LogP contribution in [-0.4, -0.2) is 40.9 Å². The van der Waals surface area contributed by atoms with Crippen LogP contribution in [-0.2, 0) is 11.2 Å². The van der Waals surface area contributed by atoms with Gasteiger partial charge in [0.25, 0.3) is 5.91 Å². The molecule has 1 N–H and O–H groups in total. The minimum Gasteiger partial charge on any atom is -0.493 e. The first-order chi connectivity index (χ1) is 14.1. The second-order valence-electron chi connectivity index (χ2n) is 5.98.